The molecular formula is C31H36N6O5S. The third-order valence-corrected chi connectivity index (χ3v) is 9.01. The molecule has 1 unspecified atom stereocenters. The summed E-state index contributed by atoms with van der Waals surface area (Å²) in [6.07, 6.45) is 2.92. The molecule has 0 bridgehead atoms. The molecule has 2 aromatic heterocycles. The number of methoxy groups -OCH3 is 1. The van der Waals surface area contributed by atoms with Gasteiger partial charge in [0.25, 0.3) is 10.0 Å². The zero-order valence-electron chi connectivity index (χ0n) is 25.2. The Bertz CT molecular complexity index is 1730. The molecule has 11 nitrogen and oxygen atoms in total. The molecule has 0 aliphatic carbocycles. The van der Waals surface area contributed by atoms with E-state index in [1.807, 2.05) is 70.2 Å². The van der Waals surface area contributed by atoms with E-state index in [0.29, 0.717) is 25.2 Å². The fourth-order valence-corrected chi connectivity index (χ4v) is 6.23. The molecule has 1 aliphatic heterocycles. The molecule has 3 heterocycles. The minimum absolute atomic E-state index is 0.00685. The number of rotatable bonds is 9. The summed E-state index contributed by atoms with van der Waals surface area (Å²) in [5.41, 5.74) is 3.48. The van der Waals surface area contributed by atoms with Crippen molar-refractivity contribution >= 4 is 21.9 Å². The van der Waals surface area contributed by atoms with Crippen molar-refractivity contribution in [2.45, 2.75) is 50.5 Å². The van der Waals surface area contributed by atoms with Crippen molar-refractivity contribution in [3.05, 3.63) is 77.6 Å². The molecule has 0 saturated carbocycles. The second kappa shape index (κ2) is 11.7. The average molecular weight is 605 g/mol. The highest BCUT2D eigenvalue weighted by Gasteiger charge is 2.38. The molecule has 1 N–H and O–H groups in total. The molecule has 1 atom stereocenters. The van der Waals surface area contributed by atoms with Crippen molar-refractivity contribution in [3.8, 4) is 22.9 Å². The maximum atomic E-state index is 13.6. The lowest BCUT2D eigenvalue weighted by Crippen LogP contribution is -2.43. The molecule has 2 aromatic carbocycles. The highest BCUT2D eigenvalue weighted by Crippen LogP contribution is 2.32. The van der Waals surface area contributed by atoms with Crippen LogP contribution in [-0.2, 0) is 27.3 Å². The largest absolute Gasteiger partial charge is 0.497 e. The fourth-order valence-electron chi connectivity index (χ4n) is 5.30. The van der Waals surface area contributed by atoms with Crippen LogP contribution < -0.4 is 14.2 Å². The van der Waals surface area contributed by atoms with Gasteiger partial charge in [-0.25, -0.2) is 18.1 Å². The van der Waals surface area contributed by atoms with Crippen LogP contribution in [0, 0.1) is 13.8 Å². The maximum Gasteiger partial charge on any atom is 0.267 e. The molecule has 0 radical (unpaired) electrons. The van der Waals surface area contributed by atoms with Gasteiger partial charge < -0.3 is 14.4 Å². The van der Waals surface area contributed by atoms with Gasteiger partial charge in [-0.2, -0.15) is 10.1 Å². The molecule has 226 valence electrons. The Morgan fingerprint density at radius 3 is 2.40 bits per heavy atom. The Morgan fingerprint density at radius 1 is 1.07 bits per heavy atom. The lowest BCUT2D eigenvalue weighted by Gasteiger charge is -2.29. The van der Waals surface area contributed by atoms with Gasteiger partial charge in [-0.1, -0.05) is 30.3 Å². The first-order chi connectivity index (χ1) is 20.4. The quantitative estimate of drug-likeness (QED) is 0.300. The fraction of sp³-hybridized carbons (Fsp3) is 0.355. The summed E-state index contributed by atoms with van der Waals surface area (Å²) in [6.45, 7) is 8.65. The van der Waals surface area contributed by atoms with Crippen molar-refractivity contribution in [3.63, 3.8) is 0 Å². The molecular weight excluding hydrogens is 568 g/mol. The third-order valence-electron chi connectivity index (χ3n) is 7.72. The van der Waals surface area contributed by atoms with E-state index in [1.54, 1.807) is 25.1 Å². The number of benzene rings is 2. The summed E-state index contributed by atoms with van der Waals surface area (Å²) >= 11 is 0. The van der Waals surface area contributed by atoms with Gasteiger partial charge in [0.05, 0.1) is 31.0 Å². The molecule has 0 spiro atoms. The lowest BCUT2D eigenvalue weighted by molar-refractivity contribution is -0.135. The van der Waals surface area contributed by atoms with Gasteiger partial charge in [0.1, 0.15) is 16.7 Å². The summed E-state index contributed by atoms with van der Waals surface area (Å²) in [5.74, 6) is 0.817. The number of aromatic nitrogens is 4. The van der Waals surface area contributed by atoms with Crippen LogP contribution in [0.2, 0.25) is 0 Å². The lowest BCUT2D eigenvalue weighted by atomic mass is 9.83. The topological polar surface area (TPSA) is 129 Å². The van der Waals surface area contributed by atoms with Crippen molar-refractivity contribution in [1.82, 2.24) is 24.6 Å². The molecule has 4 aromatic rings. The average Bonchev–Trinajstić information content (AvgIpc) is 3.62. The van der Waals surface area contributed by atoms with E-state index >= 15 is 0 Å². The van der Waals surface area contributed by atoms with E-state index < -0.39 is 15.4 Å². The number of hydrogen-bond acceptors (Lipinski definition) is 8. The van der Waals surface area contributed by atoms with Crippen LogP contribution in [0.25, 0.3) is 11.3 Å². The van der Waals surface area contributed by atoms with Gasteiger partial charge in [-0.15, -0.1) is 0 Å². The van der Waals surface area contributed by atoms with E-state index in [1.165, 1.54) is 17.1 Å². The van der Waals surface area contributed by atoms with Crippen LogP contribution in [0.15, 0.2) is 65.8 Å². The minimum Gasteiger partial charge on any atom is -0.497 e. The summed E-state index contributed by atoms with van der Waals surface area (Å²) in [4.78, 5) is 24.4. The normalized spacial score (nSPS) is 15.4. The number of nitrogens with zero attached hydrogens (tertiary/aromatic N) is 5. The van der Waals surface area contributed by atoms with Crippen molar-refractivity contribution < 1.29 is 22.7 Å². The number of hydrogen-bond donors (Lipinski definition) is 1. The first-order valence-electron chi connectivity index (χ1n) is 13.9. The summed E-state index contributed by atoms with van der Waals surface area (Å²) in [7, 11) is -0.754. The van der Waals surface area contributed by atoms with Crippen LogP contribution in [0.3, 0.4) is 0 Å². The molecule has 1 fully saturated rings. The molecule has 1 aliphatic rings. The summed E-state index contributed by atoms with van der Waals surface area (Å²) in [6, 6.07) is 15.1. The van der Waals surface area contributed by atoms with E-state index in [2.05, 4.69) is 19.8 Å². The monoisotopic (exact) mass is 604 g/mol. The number of nitrogens with one attached hydrogen (secondary N) is 1. The zero-order chi connectivity index (χ0) is 30.9. The van der Waals surface area contributed by atoms with Gasteiger partial charge >= 0.3 is 0 Å². The van der Waals surface area contributed by atoms with E-state index in [4.69, 9.17) is 9.47 Å². The number of carbonyl (C=O) groups is 1. The van der Waals surface area contributed by atoms with E-state index in [9.17, 15) is 13.2 Å². The van der Waals surface area contributed by atoms with Gasteiger partial charge in [0.15, 0.2) is 0 Å². The summed E-state index contributed by atoms with van der Waals surface area (Å²) < 4.78 is 41.6. The highest BCUT2D eigenvalue weighted by molar-refractivity contribution is 7.92. The van der Waals surface area contributed by atoms with Crippen LogP contribution in [0.5, 0.6) is 11.6 Å². The van der Waals surface area contributed by atoms with Crippen molar-refractivity contribution in [2.75, 3.05) is 24.9 Å². The Labute approximate surface area is 251 Å². The predicted octanol–water partition coefficient (Wildman–Crippen LogP) is 4.26. The van der Waals surface area contributed by atoms with Gasteiger partial charge in [0.2, 0.25) is 17.7 Å². The maximum absolute atomic E-state index is 13.6. The number of aryl methyl sites for hydroxylation is 3. The Balaban J connectivity index is 1.40. The van der Waals surface area contributed by atoms with Crippen molar-refractivity contribution in [1.29, 1.82) is 0 Å². The van der Waals surface area contributed by atoms with Gasteiger partial charge in [0, 0.05) is 37.8 Å². The Kier molecular flexibility index (Phi) is 8.15. The number of anilines is 1. The first-order valence-corrected chi connectivity index (χ1v) is 15.4. The molecule has 1 amide bonds. The summed E-state index contributed by atoms with van der Waals surface area (Å²) in [5, 5.41) is 3.96. The van der Waals surface area contributed by atoms with Crippen molar-refractivity contribution in [2.24, 2.45) is 7.05 Å². The first kappa shape index (κ1) is 30.0. The van der Waals surface area contributed by atoms with Crippen LogP contribution >= 0.6 is 0 Å². The number of carbonyl (C=O) groups excluding carboxylic acids is 1. The molecule has 43 heavy (non-hydrogen) atoms. The van der Waals surface area contributed by atoms with Gasteiger partial charge in [-0.05, 0) is 56.5 Å². The highest BCUT2D eigenvalue weighted by atomic mass is 32.2. The molecule has 5 rings (SSSR count). The SMILES string of the molecule is COc1ccc(C(C)(C)C(=O)N2CCC(Oc3cc(-c4c(C)cccc4C)nc(NS(=O)(=O)c4cnn(C)c4)n3)C2)cc1. The number of likely N-dealkylation sites (tertiary alicyclic amines) is 1. The standard InChI is InChI=1S/C31H36N6O5S/c1-20-8-7-9-21(2)28(20)26-16-27(34-30(33-26)35-43(39,40)25-17-32-36(5)19-25)42-24-14-15-37(18-24)29(38)31(3,4)22-10-12-23(41-6)13-11-22/h7-13,16-17,19,24H,14-15,18H2,1-6H3,(H,33,34,35). The third kappa shape index (κ3) is 6.34. The minimum atomic E-state index is -4.00. The Morgan fingerprint density at radius 2 is 1.77 bits per heavy atom. The number of ether oxygens (including phenoxy) is 2. The van der Waals surface area contributed by atoms with Crippen LogP contribution in [0.1, 0.15) is 37.0 Å². The zero-order valence-corrected chi connectivity index (χ0v) is 26.0. The van der Waals surface area contributed by atoms with Crippen LogP contribution in [0.4, 0.5) is 5.95 Å². The predicted molar refractivity (Wildman–Crippen MR) is 163 cm³/mol. The molecule has 1 saturated heterocycles. The van der Waals surface area contributed by atoms with Gasteiger partial charge in [-0.3, -0.25) is 9.48 Å². The second-order valence-corrected chi connectivity index (χ2v) is 13.0. The van der Waals surface area contributed by atoms with Crippen LogP contribution in [-0.4, -0.2) is 65.3 Å². The number of amides is 1. The molecule has 12 heteroatoms. The Hall–Kier alpha value is -4.45. The van der Waals surface area contributed by atoms with E-state index in [0.717, 1.165) is 28.0 Å². The smallest absolute Gasteiger partial charge is 0.267 e. The second-order valence-electron chi connectivity index (χ2n) is 11.3. The number of sulfonamides is 1. The van der Waals surface area contributed by atoms with E-state index in [-0.39, 0.29) is 28.7 Å².